The molecule has 0 bridgehead atoms. The van der Waals surface area contributed by atoms with Gasteiger partial charge < -0.3 is 19.7 Å². The Balaban J connectivity index is 1.78. The number of anilines is 1. The average Bonchev–Trinajstić information content (AvgIpc) is 2.97. The number of methoxy groups -OCH3 is 1. The van der Waals surface area contributed by atoms with Crippen LogP contribution >= 0.6 is 0 Å². The molecule has 0 aliphatic heterocycles. The number of carbonyl (C=O) groups is 1. The SMILES string of the molecule is COc1ccc2c(ccn2CC(=O)Nc2cnccc2CO)c1. The fourth-order valence-electron chi connectivity index (χ4n) is 2.46. The molecule has 0 spiro atoms. The number of ether oxygens (including phenoxy) is 1. The molecule has 0 radical (unpaired) electrons. The van der Waals surface area contributed by atoms with E-state index < -0.39 is 0 Å². The van der Waals surface area contributed by atoms with Crippen LogP contribution in [0.1, 0.15) is 5.56 Å². The maximum Gasteiger partial charge on any atom is 0.244 e. The first-order valence-corrected chi connectivity index (χ1v) is 7.17. The van der Waals surface area contributed by atoms with Crippen LogP contribution in [0.2, 0.25) is 0 Å². The second kappa shape index (κ2) is 6.50. The highest BCUT2D eigenvalue weighted by Crippen LogP contribution is 2.22. The van der Waals surface area contributed by atoms with E-state index in [2.05, 4.69) is 10.3 Å². The van der Waals surface area contributed by atoms with Gasteiger partial charge in [0.2, 0.25) is 5.91 Å². The van der Waals surface area contributed by atoms with Crippen LogP contribution in [-0.4, -0.2) is 27.7 Å². The monoisotopic (exact) mass is 311 g/mol. The molecular weight excluding hydrogens is 294 g/mol. The summed E-state index contributed by atoms with van der Waals surface area (Å²) in [5, 5.41) is 13.1. The Bertz CT molecular complexity index is 842. The number of hydrogen-bond donors (Lipinski definition) is 2. The Hall–Kier alpha value is -2.86. The lowest BCUT2D eigenvalue weighted by atomic mass is 10.2. The van der Waals surface area contributed by atoms with Gasteiger partial charge in [-0.05, 0) is 30.3 Å². The summed E-state index contributed by atoms with van der Waals surface area (Å²) in [5.74, 6) is 0.601. The lowest BCUT2D eigenvalue weighted by Gasteiger charge is -2.10. The number of carbonyl (C=O) groups excluding carboxylic acids is 1. The number of nitrogens with one attached hydrogen (secondary N) is 1. The van der Waals surface area contributed by atoms with Crippen LogP contribution < -0.4 is 10.1 Å². The summed E-state index contributed by atoms with van der Waals surface area (Å²) in [7, 11) is 1.62. The molecule has 2 heterocycles. The van der Waals surface area contributed by atoms with Crippen molar-refractivity contribution in [1.29, 1.82) is 0 Å². The maximum absolute atomic E-state index is 12.2. The zero-order valence-electron chi connectivity index (χ0n) is 12.7. The zero-order valence-corrected chi connectivity index (χ0v) is 12.7. The number of pyridine rings is 1. The molecule has 23 heavy (non-hydrogen) atoms. The highest BCUT2D eigenvalue weighted by molar-refractivity contribution is 5.92. The van der Waals surface area contributed by atoms with E-state index in [9.17, 15) is 9.90 Å². The minimum atomic E-state index is -0.180. The number of rotatable bonds is 5. The predicted molar refractivity (Wildman–Crippen MR) is 87.3 cm³/mol. The van der Waals surface area contributed by atoms with Crippen LogP contribution in [0, 0.1) is 0 Å². The third-order valence-electron chi connectivity index (χ3n) is 3.65. The van der Waals surface area contributed by atoms with Gasteiger partial charge in [0.25, 0.3) is 0 Å². The molecule has 0 saturated heterocycles. The topological polar surface area (TPSA) is 76.4 Å². The van der Waals surface area contributed by atoms with Crippen LogP contribution in [0.3, 0.4) is 0 Å². The Morgan fingerprint density at radius 1 is 1.35 bits per heavy atom. The number of aromatic nitrogens is 2. The fraction of sp³-hybridized carbons (Fsp3) is 0.176. The first kappa shape index (κ1) is 15.1. The predicted octanol–water partition coefficient (Wildman–Crippen LogP) is 2.18. The molecule has 0 aliphatic carbocycles. The maximum atomic E-state index is 12.2. The van der Waals surface area contributed by atoms with Crippen molar-refractivity contribution in [2.45, 2.75) is 13.2 Å². The summed E-state index contributed by atoms with van der Waals surface area (Å²) >= 11 is 0. The summed E-state index contributed by atoms with van der Waals surface area (Å²) in [6.45, 7) is 0.0277. The molecule has 6 nitrogen and oxygen atoms in total. The van der Waals surface area contributed by atoms with Gasteiger partial charge in [0.05, 0.1) is 25.6 Å². The zero-order chi connectivity index (χ0) is 16.2. The summed E-state index contributed by atoms with van der Waals surface area (Å²) in [4.78, 5) is 16.2. The molecule has 118 valence electrons. The third-order valence-corrected chi connectivity index (χ3v) is 3.65. The number of fused-ring (bicyclic) bond motifs is 1. The average molecular weight is 311 g/mol. The first-order valence-electron chi connectivity index (χ1n) is 7.17. The largest absolute Gasteiger partial charge is 0.497 e. The normalized spacial score (nSPS) is 10.7. The van der Waals surface area contributed by atoms with Gasteiger partial charge in [0.1, 0.15) is 12.3 Å². The van der Waals surface area contributed by atoms with Crippen molar-refractivity contribution in [2.75, 3.05) is 12.4 Å². The molecule has 0 saturated carbocycles. The van der Waals surface area contributed by atoms with Gasteiger partial charge in [-0.1, -0.05) is 0 Å². The van der Waals surface area contributed by atoms with Gasteiger partial charge in [-0.15, -0.1) is 0 Å². The highest BCUT2D eigenvalue weighted by Gasteiger charge is 2.09. The molecule has 2 N–H and O–H groups in total. The molecule has 3 aromatic rings. The van der Waals surface area contributed by atoms with Crippen molar-refractivity contribution in [2.24, 2.45) is 0 Å². The second-order valence-corrected chi connectivity index (χ2v) is 5.11. The van der Waals surface area contributed by atoms with E-state index in [0.717, 1.165) is 16.7 Å². The van der Waals surface area contributed by atoms with Crippen molar-refractivity contribution < 1.29 is 14.6 Å². The number of aliphatic hydroxyl groups excluding tert-OH is 1. The second-order valence-electron chi connectivity index (χ2n) is 5.11. The Morgan fingerprint density at radius 2 is 2.22 bits per heavy atom. The lowest BCUT2D eigenvalue weighted by molar-refractivity contribution is -0.116. The van der Waals surface area contributed by atoms with Crippen molar-refractivity contribution >= 4 is 22.5 Å². The first-order chi connectivity index (χ1) is 11.2. The molecule has 3 rings (SSSR count). The lowest BCUT2D eigenvalue weighted by Crippen LogP contribution is -2.19. The van der Waals surface area contributed by atoms with Crippen molar-refractivity contribution in [3.8, 4) is 5.75 Å². The van der Waals surface area contributed by atoms with Gasteiger partial charge in [-0.25, -0.2) is 0 Å². The van der Waals surface area contributed by atoms with Crippen LogP contribution in [-0.2, 0) is 17.9 Å². The summed E-state index contributed by atoms with van der Waals surface area (Å²) < 4.78 is 7.06. The van der Waals surface area contributed by atoms with Gasteiger partial charge in [0.15, 0.2) is 0 Å². The minimum Gasteiger partial charge on any atom is -0.497 e. The molecule has 1 aromatic carbocycles. The standard InChI is InChI=1S/C17H17N3O3/c1-23-14-2-3-16-12(8-14)5-7-20(16)10-17(22)19-15-9-18-6-4-13(15)11-21/h2-9,21H,10-11H2,1H3,(H,19,22). The van der Waals surface area contributed by atoms with Crippen molar-refractivity contribution in [3.63, 3.8) is 0 Å². The van der Waals surface area contributed by atoms with Gasteiger partial charge in [0, 0.05) is 28.9 Å². The van der Waals surface area contributed by atoms with Crippen molar-refractivity contribution in [3.05, 3.63) is 54.5 Å². The van der Waals surface area contributed by atoms with E-state index >= 15 is 0 Å². The quantitative estimate of drug-likeness (QED) is 0.757. The minimum absolute atomic E-state index is 0.148. The molecule has 0 unspecified atom stereocenters. The molecule has 0 aliphatic rings. The van der Waals surface area contributed by atoms with Crippen LogP contribution in [0.15, 0.2) is 48.9 Å². The summed E-state index contributed by atoms with van der Waals surface area (Å²) in [6.07, 6.45) is 4.97. The molecule has 0 fully saturated rings. The number of benzene rings is 1. The summed E-state index contributed by atoms with van der Waals surface area (Å²) in [6, 6.07) is 9.32. The van der Waals surface area contributed by atoms with Crippen LogP contribution in [0.4, 0.5) is 5.69 Å². The van der Waals surface area contributed by atoms with E-state index in [1.165, 1.54) is 6.20 Å². The van der Waals surface area contributed by atoms with E-state index in [1.54, 1.807) is 19.4 Å². The Kier molecular flexibility index (Phi) is 4.25. The number of hydrogen-bond acceptors (Lipinski definition) is 4. The van der Waals surface area contributed by atoms with Gasteiger partial charge >= 0.3 is 0 Å². The van der Waals surface area contributed by atoms with Gasteiger partial charge in [-0.3, -0.25) is 9.78 Å². The van der Waals surface area contributed by atoms with E-state index in [-0.39, 0.29) is 19.1 Å². The molecule has 2 aromatic heterocycles. The number of aliphatic hydroxyl groups is 1. The molecule has 1 amide bonds. The number of nitrogens with zero attached hydrogens (tertiary/aromatic N) is 2. The summed E-state index contributed by atoms with van der Waals surface area (Å²) in [5.41, 5.74) is 2.11. The smallest absolute Gasteiger partial charge is 0.244 e. The van der Waals surface area contributed by atoms with E-state index in [1.807, 2.05) is 35.0 Å². The van der Waals surface area contributed by atoms with Crippen LogP contribution in [0.5, 0.6) is 5.75 Å². The Morgan fingerprint density at radius 3 is 3.00 bits per heavy atom. The molecular formula is C17H17N3O3. The molecule has 6 heteroatoms. The van der Waals surface area contributed by atoms with Crippen LogP contribution in [0.25, 0.3) is 10.9 Å². The fourth-order valence-corrected chi connectivity index (χ4v) is 2.46. The van der Waals surface area contributed by atoms with Gasteiger partial charge in [-0.2, -0.15) is 0 Å². The van der Waals surface area contributed by atoms with Crippen molar-refractivity contribution in [1.82, 2.24) is 9.55 Å². The van der Waals surface area contributed by atoms with E-state index in [0.29, 0.717) is 11.3 Å². The number of amides is 1. The molecule has 0 atom stereocenters. The Labute approximate surface area is 133 Å². The third kappa shape index (κ3) is 3.17. The highest BCUT2D eigenvalue weighted by atomic mass is 16.5. The van der Waals surface area contributed by atoms with E-state index in [4.69, 9.17) is 4.74 Å².